The van der Waals surface area contributed by atoms with E-state index in [1.165, 1.54) is 0 Å². The second-order valence-corrected chi connectivity index (χ2v) is 9.21. The molecule has 1 amide bonds. The van der Waals surface area contributed by atoms with Gasteiger partial charge in [0, 0.05) is 25.2 Å². The van der Waals surface area contributed by atoms with Crippen molar-refractivity contribution in [1.29, 1.82) is 0 Å². The first-order valence-electron chi connectivity index (χ1n) is 8.09. The van der Waals surface area contributed by atoms with E-state index in [-0.39, 0.29) is 16.2 Å². The van der Waals surface area contributed by atoms with Gasteiger partial charge in [-0.1, -0.05) is 27.2 Å². The first-order valence-corrected chi connectivity index (χ1v) is 9.53. The number of carbonyl (C=O) groups excluding carboxylic acids is 1. The fourth-order valence-corrected chi connectivity index (χ4v) is 4.17. The minimum Gasteiger partial charge on any atom is -0.326 e. The molecule has 0 spiro atoms. The zero-order valence-electron chi connectivity index (χ0n) is 14.1. The van der Waals surface area contributed by atoms with E-state index in [1.54, 1.807) is 28.6 Å². The number of carbonyl (C=O) groups is 1. The molecule has 0 bridgehead atoms. The van der Waals surface area contributed by atoms with Crippen molar-refractivity contribution >= 4 is 21.6 Å². The summed E-state index contributed by atoms with van der Waals surface area (Å²) in [6.07, 6.45) is 3.34. The molecule has 1 N–H and O–H groups in total. The lowest BCUT2D eigenvalue weighted by atomic mass is 9.92. The lowest BCUT2D eigenvalue weighted by Gasteiger charge is -2.25. The first-order chi connectivity index (χ1) is 10.7. The molecule has 0 radical (unpaired) electrons. The largest absolute Gasteiger partial charge is 0.326 e. The highest BCUT2D eigenvalue weighted by Gasteiger charge is 2.25. The number of benzene rings is 1. The topological polar surface area (TPSA) is 66.5 Å². The Balaban J connectivity index is 2.05. The molecular weight excluding hydrogens is 312 g/mol. The minimum absolute atomic E-state index is 0.0656. The molecule has 6 heteroatoms. The van der Waals surface area contributed by atoms with E-state index >= 15 is 0 Å². The summed E-state index contributed by atoms with van der Waals surface area (Å²) in [4.78, 5) is 12.2. The Morgan fingerprint density at radius 2 is 1.65 bits per heavy atom. The third kappa shape index (κ3) is 5.04. The summed E-state index contributed by atoms with van der Waals surface area (Å²) in [5.74, 6) is -0.0656. The second kappa shape index (κ2) is 7.01. The molecule has 1 fully saturated rings. The quantitative estimate of drug-likeness (QED) is 0.916. The molecule has 5 nitrogen and oxygen atoms in total. The Bertz CT molecular complexity index is 639. The van der Waals surface area contributed by atoms with E-state index in [2.05, 4.69) is 5.32 Å². The summed E-state index contributed by atoms with van der Waals surface area (Å²) < 4.78 is 26.6. The molecule has 1 heterocycles. The summed E-state index contributed by atoms with van der Waals surface area (Å²) in [6.45, 7) is 7.18. The van der Waals surface area contributed by atoms with Gasteiger partial charge in [0.05, 0.1) is 4.90 Å². The van der Waals surface area contributed by atoms with E-state index in [9.17, 15) is 13.2 Å². The van der Waals surface area contributed by atoms with Crippen molar-refractivity contribution in [2.75, 3.05) is 18.4 Å². The molecule has 2 rings (SSSR count). The third-order valence-corrected chi connectivity index (χ3v) is 5.69. The zero-order valence-corrected chi connectivity index (χ0v) is 14.9. The predicted octanol–water partition coefficient (Wildman–Crippen LogP) is 3.24. The Morgan fingerprint density at radius 1 is 1.09 bits per heavy atom. The van der Waals surface area contributed by atoms with E-state index < -0.39 is 10.0 Å². The van der Waals surface area contributed by atoms with E-state index in [0.717, 1.165) is 19.3 Å². The fraction of sp³-hybridized carbons (Fsp3) is 0.588. The van der Waals surface area contributed by atoms with Crippen molar-refractivity contribution in [3.8, 4) is 0 Å². The van der Waals surface area contributed by atoms with Gasteiger partial charge in [0.1, 0.15) is 0 Å². The molecule has 1 aliphatic heterocycles. The van der Waals surface area contributed by atoms with Crippen LogP contribution in [0.25, 0.3) is 0 Å². The van der Waals surface area contributed by atoms with Gasteiger partial charge in [-0.15, -0.1) is 0 Å². The molecular formula is C17H26N2O3S. The highest BCUT2D eigenvalue weighted by atomic mass is 32.2. The molecule has 1 saturated heterocycles. The predicted molar refractivity (Wildman–Crippen MR) is 91.8 cm³/mol. The first kappa shape index (κ1) is 17.9. The number of hydrogen-bond acceptors (Lipinski definition) is 3. The van der Waals surface area contributed by atoms with Gasteiger partial charge in [-0.05, 0) is 42.5 Å². The number of piperidine rings is 1. The number of hydrogen-bond donors (Lipinski definition) is 1. The van der Waals surface area contributed by atoms with Crippen LogP contribution in [0.15, 0.2) is 29.2 Å². The van der Waals surface area contributed by atoms with Crippen LogP contribution in [0, 0.1) is 5.41 Å². The summed E-state index contributed by atoms with van der Waals surface area (Å²) in [7, 11) is -3.42. The van der Waals surface area contributed by atoms with Gasteiger partial charge in [-0.2, -0.15) is 4.31 Å². The highest BCUT2D eigenvalue weighted by Crippen LogP contribution is 2.23. The Kier molecular flexibility index (Phi) is 5.47. The Labute approximate surface area is 139 Å². The minimum atomic E-state index is -3.42. The van der Waals surface area contributed by atoms with Crippen molar-refractivity contribution in [2.45, 2.75) is 51.3 Å². The van der Waals surface area contributed by atoms with Crippen molar-refractivity contribution < 1.29 is 13.2 Å². The summed E-state index contributed by atoms with van der Waals surface area (Å²) >= 11 is 0. The molecule has 0 aromatic heterocycles. The summed E-state index contributed by atoms with van der Waals surface area (Å²) in [5, 5.41) is 2.81. The van der Waals surface area contributed by atoms with Crippen LogP contribution < -0.4 is 5.32 Å². The number of sulfonamides is 1. The van der Waals surface area contributed by atoms with Gasteiger partial charge < -0.3 is 5.32 Å². The van der Waals surface area contributed by atoms with Gasteiger partial charge >= 0.3 is 0 Å². The molecule has 0 atom stereocenters. The zero-order chi connectivity index (χ0) is 17.1. The van der Waals surface area contributed by atoms with Crippen LogP contribution in [0.1, 0.15) is 46.5 Å². The van der Waals surface area contributed by atoms with Crippen LogP contribution in [0.3, 0.4) is 0 Å². The molecule has 1 aliphatic rings. The van der Waals surface area contributed by atoms with Crippen LogP contribution in [0.2, 0.25) is 0 Å². The molecule has 1 aromatic rings. The van der Waals surface area contributed by atoms with Crippen LogP contribution in [-0.4, -0.2) is 31.7 Å². The smallest absolute Gasteiger partial charge is 0.243 e. The third-order valence-electron chi connectivity index (χ3n) is 3.78. The van der Waals surface area contributed by atoms with Crippen LogP contribution in [0.4, 0.5) is 5.69 Å². The maximum absolute atomic E-state index is 12.5. The number of anilines is 1. The van der Waals surface area contributed by atoms with Crippen LogP contribution >= 0.6 is 0 Å². The lowest BCUT2D eigenvalue weighted by Crippen LogP contribution is -2.35. The Morgan fingerprint density at radius 3 is 2.17 bits per heavy atom. The molecule has 0 saturated carbocycles. The van der Waals surface area contributed by atoms with Gasteiger partial charge in [0.25, 0.3) is 0 Å². The van der Waals surface area contributed by atoms with Crippen LogP contribution in [-0.2, 0) is 14.8 Å². The van der Waals surface area contributed by atoms with Crippen molar-refractivity contribution in [3.63, 3.8) is 0 Å². The van der Waals surface area contributed by atoms with Crippen molar-refractivity contribution in [2.24, 2.45) is 5.41 Å². The Hall–Kier alpha value is -1.40. The van der Waals surface area contributed by atoms with Gasteiger partial charge in [0.2, 0.25) is 15.9 Å². The maximum atomic E-state index is 12.5. The van der Waals surface area contributed by atoms with Crippen molar-refractivity contribution in [3.05, 3.63) is 24.3 Å². The van der Waals surface area contributed by atoms with E-state index in [1.807, 2.05) is 20.8 Å². The molecule has 0 aliphatic carbocycles. The summed E-state index contributed by atoms with van der Waals surface area (Å²) in [5.41, 5.74) is 0.540. The van der Waals surface area contributed by atoms with E-state index in [4.69, 9.17) is 0 Å². The molecule has 1 aromatic carbocycles. The standard InChI is InChI=1S/C17H26N2O3S/c1-17(2,3)13-16(20)18-14-7-9-15(10-8-14)23(21,22)19-11-5-4-6-12-19/h7-10H,4-6,11-13H2,1-3H3,(H,18,20). The fourth-order valence-electron chi connectivity index (χ4n) is 2.65. The average Bonchev–Trinajstić information content (AvgIpc) is 2.46. The highest BCUT2D eigenvalue weighted by molar-refractivity contribution is 7.89. The normalized spacial score (nSPS) is 17.0. The second-order valence-electron chi connectivity index (χ2n) is 7.27. The van der Waals surface area contributed by atoms with Crippen molar-refractivity contribution in [1.82, 2.24) is 4.31 Å². The molecule has 128 valence electrons. The van der Waals surface area contributed by atoms with Crippen LogP contribution in [0.5, 0.6) is 0 Å². The summed E-state index contributed by atoms with van der Waals surface area (Å²) in [6, 6.07) is 6.43. The number of nitrogens with one attached hydrogen (secondary N) is 1. The number of amides is 1. The molecule has 0 unspecified atom stereocenters. The maximum Gasteiger partial charge on any atom is 0.243 e. The lowest BCUT2D eigenvalue weighted by molar-refractivity contribution is -0.117. The SMILES string of the molecule is CC(C)(C)CC(=O)Nc1ccc(S(=O)(=O)N2CCCCC2)cc1. The van der Waals surface area contributed by atoms with E-state index in [0.29, 0.717) is 25.2 Å². The van der Waals surface area contributed by atoms with Gasteiger partial charge in [-0.25, -0.2) is 8.42 Å². The van der Waals surface area contributed by atoms with Gasteiger partial charge in [-0.3, -0.25) is 4.79 Å². The average molecular weight is 338 g/mol. The monoisotopic (exact) mass is 338 g/mol. The molecule has 23 heavy (non-hydrogen) atoms. The number of nitrogens with zero attached hydrogens (tertiary/aromatic N) is 1. The van der Waals surface area contributed by atoms with Gasteiger partial charge in [0.15, 0.2) is 0 Å². The number of rotatable bonds is 4.